The van der Waals surface area contributed by atoms with Gasteiger partial charge in [0, 0.05) is 11.1 Å². The first-order valence-electron chi connectivity index (χ1n) is 8.92. The molecule has 0 bridgehead atoms. The third-order valence-electron chi connectivity index (χ3n) is 4.30. The number of anilines is 1. The fourth-order valence-corrected chi connectivity index (χ4v) is 3.22. The zero-order chi connectivity index (χ0) is 19.8. The number of carbonyl (C=O) groups excluding carboxylic acids is 3. The van der Waals surface area contributed by atoms with E-state index < -0.39 is 11.9 Å². The minimum absolute atomic E-state index is 0.00180. The number of rotatable bonds is 7. The van der Waals surface area contributed by atoms with Crippen LogP contribution in [0.5, 0.6) is 5.75 Å². The number of carbonyl (C=O) groups is 3. The van der Waals surface area contributed by atoms with Crippen molar-refractivity contribution in [3.8, 4) is 5.75 Å². The number of benzene rings is 1. The number of methoxy groups -OCH3 is 1. The molecule has 1 atom stereocenters. The van der Waals surface area contributed by atoms with E-state index in [0.29, 0.717) is 21.4 Å². The topological polar surface area (TPSA) is 101 Å². The van der Waals surface area contributed by atoms with E-state index >= 15 is 0 Å². The first-order chi connectivity index (χ1) is 12.9. The summed E-state index contributed by atoms with van der Waals surface area (Å²) in [5.74, 6) is -0.237. The molecular formula is C18H26ClN4O4+. The Bertz CT molecular complexity index is 692. The molecule has 8 nitrogen and oxygen atoms in total. The van der Waals surface area contributed by atoms with E-state index in [1.807, 2.05) is 0 Å². The van der Waals surface area contributed by atoms with Gasteiger partial charge in [-0.15, -0.1) is 0 Å². The Morgan fingerprint density at radius 2 is 1.85 bits per heavy atom. The van der Waals surface area contributed by atoms with Crippen LogP contribution in [0.25, 0.3) is 0 Å². The standard InChI is InChI=1S/C18H25ClN4O4/c1-23(11-17(25)22-18(26)20-13-5-3-4-6-13)10-16(24)21-14-9-12(19)7-8-15(14)27-2/h7-9,13H,3-6,10-11H2,1-2H3,(H,21,24)(H2,20,22,25,26)/p+1. The SMILES string of the molecule is COc1ccc(Cl)cc1NC(=O)C[NH+](C)CC(=O)NC(=O)NC1CCCC1. The first kappa shape index (κ1) is 21.0. The summed E-state index contributed by atoms with van der Waals surface area (Å²) in [5.41, 5.74) is 0.461. The summed E-state index contributed by atoms with van der Waals surface area (Å²) >= 11 is 5.94. The van der Waals surface area contributed by atoms with Crippen molar-refractivity contribution in [3.63, 3.8) is 0 Å². The second-order valence-corrected chi connectivity index (χ2v) is 7.14. The van der Waals surface area contributed by atoms with Crippen molar-refractivity contribution in [3.05, 3.63) is 23.2 Å². The van der Waals surface area contributed by atoms with Crippen LogP contribution in [0.4, 0.5) is 10.5 Å². The number of likely N-dealkylation sites (N-methyl/N-ethyl adjacent to an activating group) is 1. The second kappa shape index (κ2) is 10.1. The molecule has 0 saturated heterocycles. The number of hydrogen-bond donors (Lipinski definition) is 4. The highest BCUT2D eigenvalue weighted by molar-refractivity contribution is 6.31. The molecule has 0 aromatic heterocycles. The maximum atomic E-state index is 12.2. The minimum atomic E-state index is -0.479. The largest absolute Gasteiger partial charge is 0.495 e. The van der Waals surface area contributed by atoms with Crippen molar-refractivity contribution < 1.29 is 24.0 Å². The number of halogens is 1. The Hall–Kier alpha value is -2.32. The van der Waals surface area contributed by atoms with Crippen molar-refractivity contribution in [2.24, 2.45) is 0 Å². The number of ether oxygens (including phenoxy) is 1. The van der Waals surface area contributed by atoms with Crippen LogP contribution in [0.3, 0.4) is 0 Å². The zero-order valence-corrected chi connectivity index (χ0v) is 16.3. The van der Waals surface area contributed by atoms with E-state index in [4.69, 9.17) is 16.3 Å². The highest BCUT2D eigenvalue weighted by Crippen LogP contribution is 2.27. The normalized spacial score (nSPS) is 15.1. The van der Waals surface area contributed by atoms with Gasteiger partial charge in [0.1, 0.15) is 5.75 Å². The summed E-state index contributed by atoms with van der Waals surface area (Å²) < 4.78 is 5.18. The van der Waals surface area contributed by atoms with E-state index in [1.54, 1.807) is 25.2 Å². The summed E-state index contributed by atoms with van der Waals surface area (Å²) in [6.07, 6.45) is 4.08. The number of amides is 4. The molecule has 2 rings (SSSR count). The number of nitrogens with one attached hydrogen (secondary N) is 4. The Balaban J connectivity index is 1.76. The lowest BCUT2D eigenvalue weighted by atomic mass is 10.2. The van der Waals surface area contributed by atoms with Gasteiger partial charge in [-0.3, -0.25) is 14.9 Å². The van der Waals surface area contributed by atoms with E-state index in [0.717, 1.165) is 25.7 Å². The van der Waals surface area contributed by atoms with Gasteiger partial charge in [0.2, 0.25) is 0 Å². The maximum absolute atomic E-state index is 12.2. The van der Waals surface area contributed by atoms with Gasteiger partial charge < -0.3 is 20.3 Å². The zero-order valence-electron chi connectivity index (χ0n) is 15.6. The lowest BCUT2D eigenvalue weighted by molar-refractivity contribution is -0.862. The molecule has 9 heteroatoms. The average Bonchev–Trinajstić information content (AvgIpc) is 3.07. The van der Waals surface area contributed by atoms with Crippen molar-refractivity contribution in [1.82, 2.24) is 10.6 Å². The molecule has 4 N–H and O–H groups in total. The lowest BCUT2D eigenvalue weighted by Gasteiger charge is -2.16. The average molecular weight is 398 g/mol. The van der Waals surface area contributed by atoms with Crippen LogP contribution in [0.1, 0.15) is 25.7 Å². The maximum Gasteiger partial charge on any atom is 0.321 e. The van der Waals surface area contributed by atoms with E-state index in [9.17, 15) is 14.4 Å². The third-order valence-corrected chi connectivity index (χ3v) is 4.54. The van der Waals surface area contributed by atoms with Crippen LogP contribution in [-0.4, -0.2) is 51.1 Å². The number of hydrogen-bond acceptors (Lipinski definition) is 4. The van der Waals surface area contributed by atoms with E-state index in [1.165, 1.54) is 7.11 Å². The molecule has 0 radical (unpaired) electrons. The number of quaternary nitrogens is 1. The molecule has 4 amide bonds. The van der Waals surface area contributed by atoms with Gasteiger partial charge in [-0.25, -0.2) is 4.79 Å². The smallest absolute Gasteiger partial charge is 0.321 e. The Morgan fingerprint density at radius 3 is 2.52 bits per heavy atom. The van der Waals surface area contributed by atoms with Gasteiger partial charge in [-0.05, 0) is 31.0 Å². The van der Waals surface area contributed by atoms with Crippen molar-refractivity contribution in [2.45, 2.75) is 31.7 Å². The first-order valence-corrected chi connectivity index (χ1v) is 9.30. The molecule has 27 heavy (non-hydrogen) atoms. The van der Waals surface area contributed by atoms with Crippen molar-refractivity contribution in [1.29, 1.82) is 0 Å². The molecule has 1 unspecified atom stereocenters. The van der Waals surface area contributed by atoms with Crippen molar-refractivity contribution in [2.75, 3.05) is 32.6 Å². The van der Waals surface area contributed by atoms with Crippen LogP contribution >= 0.6 is 11.6 Å². The van der Waals surface area contributed by atoms with Crippen LogP contribution in [-0.2, 0) is 9.59 Å². The summed E-state index contributed by atoms with van der Waals surface area (Å²) in [6, 6.07) is 4.57. The van der Waals surface area contributed by atoms with Crippen molar-refractivity contribution >= 4 is 35.1 Å². The molecule has 1 saturated carbocycles. The predicted molar refractivity (Wildman–Crippen MR) is 102 cm³/mol. The molecule has 148 valence electrons. The Kier molecular flexibility index (Phi) is 7.87. The molecule has 1 aromatic rings. The van der Waals surface area contributed by atoms with E-state index in [-0.39, 0.29) is 25.0 Å². The summed E-state index contributed by atoms with van der Waals surface area (Å²) in [7, 11) is 3.19. The predicted octanol–water partition coefficient (Wildman–Crippen LogP) is 0.570. The van der Waals surface area contributed by atoms with Gasteiger partial charge >= 0.3 is 6.03 Å². The lowest BCUT2D eigenvalue weighted by Crippen LogP contribution is -3.11. The van der Waals surface area contributed by atoms with Gasteiger partial charge in [0.05, 0.1) is 19.8 Å². The number of urea groups is 1. The van der Waals surface area contributed by atoms with Gasteiger partial charge in [-0.2, -0.15) is 0 Å². The molecule has 0 aliphatic heterocycles. The van der Waals surface area contributed by atoms with Crippen LogP contribution in [0.2, 0.25) is 5.02 Å². The molecule has 1 aromatic carbocycles. The summed E-state index contributed by atoms with van der Waals surface area (Å²) in [5, 5.41) is 8.28. The molecule has 1 aliphatic carbocycles. The van der Waals surface area contributed by atoms with Crippen LogP contribution in [0.15, 0.2) is 18.2 Å². The molecule has 1 aliphatic rings. The molecular weight excluding hydrogens is 372 g/mol. The molecule has 1 fully saturated rings. The fraction of sp³-hybridized carbons (Fsp3) is 0.500. The highest BCUT2D eigenvalue weighted by atomic mass is 35.5. The Labute approximate surface area is 163 Å². The third kappa shape index (κ3) is 7.07. The van der Waals surface area contributed by atoms with Crippen LogP contribution < -0.4 is 25.6 Å². The number of imide groups is 1. The molecule has 0 spiro atoms. The summed E-state index contributed by atoms with van der Waals surface area (Å²) in [4.78, 5) is 36.6. The molecule has 0 heterocycles. The fourth-order valence-electron chi connectivity index (χ4n) is 3.05. The quantitative estimate of drug-likeness (QED) is 0.540. The van der Waals surface area contributed by atoms with Crippen LogP contribution in [0, 0.1) is 0 Å². The minimum Gasteiger partial charge on any atom is -0.495 e. The van der Waals surface area contributed by atoms with Gasteiger partial charge in [0.15, 0.2) is 13.1 Å². The Morgan fingerprint density at radius 1 is 1.19 bits per heavy atom. The van der Waals surface area contributed by atoms with E-state index in [2.05, 4.69) is 16.0 Å². The van der Waals surface area contributed by atoms with Gasteiger partial charge in [0.25, 0.3) is 11.8 Å². The highest BCUT2D eigenvalue weighted by Gasteiger charge is 2.20. The summed E-state index contributed by atoms with van der Waals surface area (Å²) in [6.45, 7) is 0.0471. The van der Waals surface area contributed by atoms with Gasteiger partial charge in [-0.1, -0.05) is 24.4 Å². The monoisotopic (exact) mass is 397 g/mol. The second-order valence-electron chi connectivity index (χ2n) is 6.71.